The highest BCUT2D eigenvalue weighted by Gasteiger charge is 2.31. The van der Waals surface area contributed by atoms with Gasteiger partial charge in [-0.25, -0.2) is 9.78 Å². The summed E-state index contributed by atoms with van der Waals surface area (Å²) in [4.78, 5) is 36.3. The molecule has 2 aliphatic rings. The molecule has 1 aromatic carbocycles. The molecule has 3 N–H and O–H groups in total. The lowest BCUT2D eigenvalue weighted by molar-refractivity contribution is 0.0522. The van der Waals surface area contributed by atoms with Gasteiger partial charge in [-0.3, -0.25) is 4.79 Å². The third-order valence-corrected chi connectivity index (χ3v) is 5.66. The van der Waals surface area contributed by atoms with Crippen LogP contribution in [0.1, 0.15) is 61.6 Å². The van der Waals surface area contributed by atoms with Gasteiger partial charge < -0.3 is 25.6 Å². The predicted molar refractivity (Wildman–Crippen MR) is 127 cm³/mol. The van der Waals surface area contributed by atoms with Crippen molar-refractivity contribution < 1.29 is 14.3 Å². The van der Waals surface area contributed by atoms with E-state index in [-0.39, 0.29) is 11.9 Å². The van der Waals surface area contributed by atoms with Crippen LogP contribution >= 0.6 is 0 Å². The molecule has 1 fully saturated rings. The third kappa shape index (κ3) is 5.53. The lowest BCUT2D eigenvalue weighted by Gasteiger charge is -2.36. The van der Waals surface area contributed by atoms with Gasteiger partial charge in [0.25, 0.3) is 5.91 Å². The van der Waals surface area contributed by atoms with Crippen LogP contribution in [0.25, 0.3) is 0 Å². The number of piperidine rings is 1. The molecule has 1 saturated heterocycles. The van der Waals surface area contributed by atoms with Crippen molar-refractivity contribution in [2.45, 2.75) is 65.1 Å². The predicted octanol–water partition coefficient (Wildman–Crippen LogP) is 3.66. The van der Waals surface area contributed by atoms with Crippen LogP contribution in [0.4, 0.5) is 22.2 Å². The Morgan fingerprint density at radius 1 is 1.27 bits per heavy atom. The molecule has 0 radical (unpaired) electrons. The second-order valence-electron chi connectivity index (χ2n) is 9.60. The van der Waals surface area contributed by atoms with Gasteiger partial charge in [0.2, 0.25) is 5.95 Å². The van der Waals surface area contributed by atoms with E-state index in [9.17, 15) is 9.59 Å². The molecule has 2 aliphatic heterocycles. The first-order chi connectivity index (χ1) is 15.7. The maximum Gasteiger partial charge on any atom is 0.407 e. The summed E-state index contributed by atoms with van der Waals surface area (Å²) in [6.45, 7) is 9.14. The lowest BCUT2D eigenvalue weighted by atomic mass is 10.0. The van der Waals surface area contributed by atoms with Crippen molar-refractivity contribution in [3.8, 4) is 0 Å². The minimum absolute atomic E-state index is 0.0428. The van der Waals surface area contributed by atoms with Crippen LogP contribution in [-0.4, -0.2) is 46.7 Å². The Hall–Kier alpha value is -3.36. The minimum Gasteiger partial charge on any atom is -0.444 e. The van der Waals surface area contributed by atoms with E-state index in [0.717, 1.165) is 37.1 Å². The second-order valence-corrected chi connectivity index (χ2v) is 9.60. The average Bonchev–Trinajstić information content (AvgIpc) is 3.12. The molecule has 1 aromatic heterocycles. The van der Waals surface area contributed by atoms with Gasteiger partial charge in [-0.1, -0.05) is 12.1 Å². The number of anilines is 3. The fourth-order valence-electron chi connectivity index (χ4n) is 4.18. The van der Waals surface area contributed by atoms with Crippen molar-refractivity contribution in [2.75, 3.05) is 23.3 Å². The Morgan fingerprint density at radius 3 is 2.85 bits per heavy atom. The molecular weight excluding hydrogens is 420 g/mol. The SMILES string of the molecule is Cc1cccc(Nc2nc(N3CCCCC3CNC(=O)OC(C)(C)C)nc3c2C(=O)NC3)c1. The summed E-state index contributed by atoms with van der Waals surface area (Å²) in [5.74, 6) is 0.893. The van der Waals surface area contributed by atoms with Gasteiger partial charge in [0, 0.05) is 24.8 Å². The maximum absolute atomic E-state index is 12.5. The number of ether oxygens (including phenoxy) is 1. The van der Waals surface area contributed by atoms with Crippen molar-refractivity contribution in [1.82, 2.24) is 20.6 Å². The second kappa shape index (κ2) is 9.25. The van der Waals surface area contributed by atoms with E-state index in [1.807, 2.05) is 52.0 Å². The standard InChI is InChI=1S/C24H32N6O3/c1-15-8-7-9-16(12-15)27-20-19-18(14-25-21(19)31)28-22(29-20)30-11-6-5-10-17(30)13-26-23(32)33-24(2,3)4/h7-9,12,17H,5-6,10-11,13-14H2,1-4H3,(H,25,31)(H,26,32)(H,27,28,29). The van der Waals surface area contributed by atoms with Crippen molar-refractivity contribution in [3.63, 3.8) is 0 Å². The molecule has 1 atom stereocenters. The molecule has 9 heteroatoms. The number of fused-ring (bicyclic) bond motifs is 1. The molecule has 0 bridgehead atoms. The molecule has 0 spiro atoms. The molecule has 4 rings (SSSR count). The molecule has 0 aliphatic carbocycles. The van der Waals surface area contributed by atoms with Crippen molar-refractivity contribution in [3.05, 3.63) is 41.1 Å². The van der Waals surface area contributed by atoms with Gasteiger partial charge in [-0.2, -0.15) is 4.98 Å². The van der Waals surface area contributed by atoms with Gasteiger partial charge in [0.15, 0.2) is 0 Å². The van der Waals surface area contributed by atoms with Gasteiger partial charge >= 0.3 is 6.09 Å². The number of alkyl carbamates (subject to hydrolysis) is 1. The van der Waals surface area contributed by atoms with Crippen LogP contribution in [0.3, 0.4) is 0 Å². The average molecular weight is 453 g/mol. The largest absolute Gasteiger partial charge is 0.444 e. The number of carbonyl (C=O) groups excluding carboxylic acids is 2. The minimum atomic E-state index is -0.546. The highest BCUT2D eigenvalue weighted by atomic mass is 16.6. The topological polar surface area (TPSA) is 108 Å². The van der Waals surface area contributed by atoms with E-state index in [4.69, 9.17) is 14.7 Å². The summed E-state index contributed by atoms with van der Waals surface area (Å²) in [5, 5.41) is 9.06. The normalized spacial score (nSPS) is 17.9. The number of aryl methyl sites for hydroxylation is 1. The Kier molecular flexibility index (Phi) is 6.40. The first-order valence-electron chi connectivity index (χ1n) is 11.5. The van der Waals surface area contributed by atoms with Gasteiger partial charge in [-0.05, 0) is 64.7 Å². The highest BCUT2D eigenvalue weighted by molar-refractivity contribution is 6.02. The van der Waals surface area contributed by atoms with Crippen LogP contribution < -0.4 is 20.9 Å². The van der Waals surface area contributed by atoms with E-state index in [1.165, 1.54) is 0 Å². The lowest BCUT2D eigenvalue weighted by Crippen LogP contribution is -2.48. The number of hydrogen-bond acceptors (Lipinski definition) is 7. The summed E-state index contributed by atoms with van der Waals surface area (Å²) < 4.78 is 5.38. The van der Waals surface area contributed by atoms with Crippen molar-refractivity contribution >= 4 is 29.5 Å². The summed E-state index contributed by atoms with van der Waals surface area (Å²) >= 11 is 0. The van der Waals surface area contributed by atoms with Crippen LogP contribution in [0, 0.1) is 6.92 Å². The Bertz CT molecular complexity index is 1050. The number of nitrogens with zero attached hydrogens (tertiary/aromatic N) is 3. The molecule has 2 amide bonds. The third-order valence-electron chi connectivity index (χ3n) is 5.66. The van der Waals surface area contributed by atoms with Crippen LogP contribution in [0.2, 0.25) is 0 Å². The zero-order chi connectivity index (χ0) is 23.6. The molecule has 33 heavy (non-hydrogen) atoms. The summed E-state index contributed by atoms with van der Waals surface area (Å²) in [5.41, 5.74) is 2.60. The quantitative estimate of drug-likeness (QED) is 0.635. The molecular formula is C24H32N6O3. The highest BCUT2D eigenvalue weighted by Crippen LogP contribution is 2.30. The Balaban J connectivity index is 1.59. The molecule has 9 nitrogen and oxygen atoms in total. The summed E-state index contributed by atoms with van der Waals surface area (Å²) in [7, 11) is 0. The Morgan fingerprint density at radius 2 is 2.09 bits per heavy atom. The van der Waals surface area contributed by atoms with E-state index >= 15 is 0 Å². The summed E-state index contributed by atoms with van der Waals surface area (Å²) in [6.07, 6.45) is 2.56. The molecule has 176 valence electrons. The molecule has 1 unspecified atom stereocenters. The van der Waals surface area contributed by atoms with Gasteiger partial charge in [0.05, 0.1) is 12.2 Å². The van der Waals surface area contributed by atoms with Gasteiger partial charge in [0.1, 0.15) is 17.0 Å². The van der Waals surface area contributed by atoms with Gasteiger partial charge in [-0.15, -0.1) is 0 Å². The zero-order valence-corrected chi connectivity index (χ0v) is 19.7. The maximum atomic E-state index is 12.5. The van der Waals surface area contributed by atoms with E-state index in [1.54, 1.807) is 0 Å². The molecule has 2 aromatic rings. The zero-order valence-electron chi connectivity index (χ0n) is 19.7. The molecule has 0 saturated carbocycles. The number of hydrogen-bond donors (Lipinski definition) is 3. The van der Waals surface area contributed by atoms with E-state index < -0.39 is 11.7 Å². The first kappa shape index (κ1) is 22.8. The number of nitrogens with one attached hydrogen (secondary N) is 3. The smallest absolute Gasteiger partial charge is 0.407 e. The molecule has 3 heterocycles. The fourth-order valence-corrected chi connectivity index (χ4v) is 4.18. The fraction of sp³-hybridized carbons (Fsp3) is 0.500. The Labute approximate surface area is 194 Å². The van der Waals surface area contributed by atoms with Crippen LogP contribution in [-0.2, 0) is 11.3 Å². The number of rotatable bonds is 5. The summed E-state index contributed by atoms with van der Waals surface area (Å²) in [6, 6.07) is 7.98. The monoisotopic (exact) mass is 452 g/mol. The van der Waals surface area contributed by atoms with Crippen LogP contribution in [0.5, 0.6) is 0 Å². The number of carbonyl (C=O) groups is 2. The number of amides is 2. The number of aromatic nitrogens is 2. The van der Waals surface area contributed by atoms with E-state index in [2.05, 4.69) is 20.9 Å². The van der Waals surface area contributed by atoms with Crippen LogP contribution in [0.15, 0.2) is 24.3 Å². The van der Waals surface area contributed by atoms with Crippen molar-refractivity contribution in [2.24, 2.45) is 0 Å². The van der Waals surface area contributed by atoms with E-state index in [0.29, 0.717) is 36.1 Å². The van der Waals surface area contributed by atoms with Crippen molar-refractivity contribution in [1.29, 1.82) is 0 Å². The first-order valence-corrected chi connectivity index (χ1v) is 11.5. The number of benzene rings is 1.